The van der Waals surface area contributed by atoms with Crippen LogP contribution in [0.1, 0.15) is 5.56 Å². The average molecular weight is 324 g/mol. The van der Waals surface area contributed by atoms with E-state index < -0.39 is 41.3 Å². The fourth-order valence-corrected chi connectivity index (χ4v) is 2.62. The minimum Gasteiger partial charge on any atom is -0.258 e. The van der Waals surface area contributed by atoms with Crippen molar-refractivity contribution in [2.75, 3.05) is 0 Å². The maximum absolute atomic E-state index is 12.5. The Kier molecular flexibility index (Phi) is 3.80. The van der Waals surface area contributed by atoms with Crippen molar-refractivity contribution in [1.29, 1.82) is 0 Å². The Morgan fingerprint density at radius 3 is 2.11 bits per heavy atom. The van der Waals surface area contributed by atoms with E-state index in [-0.39, 0.29) is 12.1 Å². The third-order valence-corrected chi connectivity index (χ3v) is 3.60. The van der Waals surface area contributed by atoms with Crippen molar-refractivity contribution in [2.45, 2.75) is 11.1 Å². The van der Waals surface area contributed by atoms with Crippen LogP contribution in [0, 0.1) is 10.1 Å². The highest BCUT2D eigenvalue weighted by Crippen LogP contribution is 2.40. The lowest BCUT2D eigenvalue weighted by Gasteiger charge is -2.09. The van der Waals surface area contributed by atoms with Gasteiger partial charge in [-0.15, -0.1) is 0 Å². The normalized spacial score (nSPS) is 12.5. The first-order valence-electron chi connectivity index (χ1n) is 3.94. The van der Waals surface area contributed by atoms with E-state index in [0.29, 0.717) is 0 Å². The molecule has 1 rings (SSSR count). The lowest BCUT2D eigenvalue weighted by molar-refractivity contribution is -0.388. The third kappa shape index (κ3) is 3.03. The molecule has 0 radical (unpaired) electrons. The Morgan fingerprint density at radius 1 is 1.28 bits per heavy atom. The van der Waals surface area contributed by atoms with E-state index in [0.717, 1.165) is 0 Å². The molecule has 0 unspecified atom stereocenters. The van der Waals surface area contributed by atoms with Gasteiger partial charge >= 0.3 is 6.18 Å². The van der Waals surface area contributed by atoms with Gasteiger partial charge in [-0.1, -0.05) is 11.6 Å². The fraction of sp³-hybridized carbons (Fsp3) is 0.143. The average Bonchev–Trinajstić information content (AvgIpc) is 2.13. The van der Waals surface area contributed by atoms with Crippen molar-refractivity contribution >= 4 is 37.0 Å². The first kappa shape index (κ1) is 15.0. The van der Waals surface area contributed by atoms with Crippen LogP contribution < -0.4 is 0 Å². The van der Waals surface area contributed by atoms with Crippen LogP contribution in [0.5, 0.6) is 0 Å². The quantitative estimate of drug-likeness (QED) is 0.475. The maximum atomic E-state index is 12.5. The SMILES string of the molecule is O=[N+]([O-])c1cc(S(=O)(=O)Cl)c(Cl)cc1C(F)(F)F. The summed E-state index contributed by atoms with van der Waals surface area (Å²) in [6, 6.07) is 0.322. The minimum absolute atomic E-state index is 0.148. The smallest absolute Gasteiger partial charge is 0.258 e. The Labute approximate surface area is 108 Å². The van der Waals surface area contributed by atoms with E-state index in [1.807, 2.05) is 0 Å². The topological polar surface area (TPSA) is 77.3 Å². The van der Waals surface area contributed by atoms with Crippen molar-refractivity contribution in [3.05, 3.63) is 32.8 Å². The van der Waals surface area contributed by atoms with Crippen molar-refractivity contribution in [3.8, 4) is 0 Å². The largest absolute Gasteiger partial charge is 0.423 e. The van der Waals surface area contributed by atoms with E-state index in [1.54, 1.807) is 0 Å². The molecule has 5 nitrogen and oxygen atoms in total. The molecule has 0 aromatic heterocycles. The number of halogens is 5. The predicted molar refractivity (Wildman–Crippen MR) is 56.1 cm³/mol. The number of hydrogen-bond donors (Lipinski definition) is 0. The van der Waals surface area contributed by atoms with Gasteiger partial charge in [0.2, 0.25) is 0 Å². The van der Waals surface area contributed by atoms with E-state index in [1.165, 1.54) is 0 Å². The summed E-state index contributed by atoms with van der Waals surface area (Å²) in [6.07, 6.45) is -5.04. The number of nitro groups is 1. The van der Waals surface area contributed by atoms with Gasteiger partial charge in [-0.25, -0.2) is 8.42 Å². The summed E-state index contributed by atoms with van der Waals surface area (Å²) >= 11 is 5.31. The third-order valence-electron chi connectivity index (χ3n) is 1.81. The Hall–Kier alpha value is -1.06. The predicted octanol–water partition coefficient (Wildman–Crippen LogP) is 3.19. The van der Waals surface area contributed by atoms with Crippen LogP contribution in [0.4, 0.5) is 18.9 Å². The molecule has 0 fully saturated rings. The number of alkyl halides is 3. The molecule has 0 amide bonds. The summed E-state index contributed by atoms with van der Waals surface area (Å²) in [7, 11) is 0.408. The van der Waals surface area contributed by atoms with Crippen LogP contribution in [0.3, 0.4) is 0 Å². The highest BCUT2D eigenvalue weighted by Gasteiger charge is 2.40. The molecule has 0 bridgehead atoms. The summed E-state index contributed by atoms with van der Waals surface area (Å²) in [5.41, 5.74) is -3.09. The Bertz CT molecular complexity index is 614. The van der Waals surface area contributed by atoms with Gasteiger partial charge in [0.25, 0.3) is 14.7 Å². The van der Waals surface area contributed by atoms with Crippen molar-refractivity contribution in [2.24, 2.45) is 0 Å². The fourth-order valence-electron chi connectivity index (χ4n) is 1.11. The summed E-state index contributed by atoms with van der Waals surface area (Å²) in [5.74, 6) is 0. The molecule has 1 aromatic rings. The van der Waals surface area contributed by atoms with Crippen LogP contribution >= 0.6 is 22.3 Å². The Balaban J connectivity index is 3.71. The molecule has 18 heavy (non-hydrogen) atoms. The van der Waals surface area contributed by atoms with Gasteiger partial charge in [-0.3, -0.25) is 10.1 Å². The molecule has 0 saturated carbocycles. The van der Waals surface area contributed by atoms with Gasteiger partial charge in [0.1, 0.15) is 10.5 Å². The molecule has 11 heteroatoms. The van der Waals surface area contributed by atoms with Gasteiger partial charge in [0.15, 0.2) is 0 Å². The molecule has 0 spiro atoms. The molecule has 0 saturated heterocycles. The monoisotopic (exact) mass is 323 g/mol. The highest BCUT2D eigenvalue weighted by atomic mass is 35.7. The van der Waals surface area contributed by atoms with Crippen LogP contribution in [0.25, 0.3) is 0 Å². The van der Waals surface area contributed by atoms with E-state index in [9.17, 15) is 31.7 Å². The van der Waals surface area contributed by atoms with Crippen LogP contribution in [-0.4, -0.2) is 13.3 Å². The first-order valence-corrected chi connectivity index (χ1v) is 6.63. The van der Waals surface area contributed by atoms with Gasteiger partial charge in [-0.2, -0.15) is 13.2 Å². The number of rotatable bonds is 2. The van der Waals surface area contributed by atoms with Gasteiger partial charge < -0.3 is 0 Å². The van der Waals surface area contributed by atoms with Crippen molar-refractivity contribution < 1.29 is 26.5 Å². The number of nitro benzene ring substituents is 1. The van der Waals surface area contributed by atoms with E-state index in [4.69, 9.17) is 22.3 Å². The zero-order valence-electron chi connectivity index (χ0n) is 8.03. The molecule has 0 atom stereocenters. The van der Waals surface area contributed by atoms with Gasteiger partial charge in [-0.05, 0) is 6.07 Å². The zero-order valence-corrected chi connectivity index (χ0v) is 10.4. The standard InChI is InChI=1S/C7H2Cl2F3NO4S/c8-4-1-3(7(10,11)12)5(13(14)15)2-6(4)18(9,16)17/h1-2H. The molecule has 0 heterocycles. The number of nitrogens with zero attached hydrogens (tertiary/aromatic N) is 1. The molecule has 0 N–H and O–H groups in total. The maximum Gasteiger partial charge on any atom is 0.423 e. The molecular weight excluding hydrogens is 322 g/mol. The van der Waals surface area contributed by atoms with Crippen LogP contribution in [-0.2, 0) is 15.2 Å². The second kappa shape index (κ2) is 4.56. The highest BCUT2D eigenvalue weighted by molar-refractivity contribution is 8.13. The van der Waals surface area contributed by atoms with Crippen molar-refractivity contribution in [3.63, 3.8) is 0 Å². The summed E-state index contributed by atoms with van der Waals surface area (Å²) < 4.78 is 59.3. The summed E-state index contributed by atoms with van der Waals surface area (Å²) in [4.78, 5) is 8.16. The van der Waals surface area contributed by atoms with Gasteiger partial charge in [0.05, 0.1) is 9.95 Å². The molecule has 0 aliphatic carbocycles. The second-order valence-corrected chi connectivity index (χ2v) is 5.93. The summed E-state index contributed by atoms with van der Waals surface area (Å²) in [5, 5.41) is 9.64. The first-order chi connectivity index (χ1) is 7.94. The molecule has 100 valence electrons. The lowest BCUT2D eigenvalue weighted by Crippen LogP contribution is -2.10. The van der Waals surface area contributed by atoms with Crippen LogP contribution in [0.15, 0.2) is 17.0 Å². The van der Waals surface area contributed by atoms with E-state index >= 15 is 0 Å². The van der Waals surface area contributed by atoms with Gasteiger partial charge in [0, 0.05) is 16.7 Å². The number of benzene rings is 1. The molecule has 0 aliphatic rings. The van der Waals surface area contributed by atoms with Crippen molar-refractivity contribution in [1.82, 2.24) is 0 Å². The second-order valence-electron chi connectivity index (χ2n) is 2.99. The Morgan fingerprint density at radius 2 is 1.78 bits per heavy atom. The molecule has 1 aromatic carbocycles. The minimum atomic E-state index is -5.04. The zero-order chi connectivity index (χ0) is 14.3. The molecular formula is C7H2Cl2F3NO4S. The lowest BCUT2D eigenvalue weighted by atomic mass is 10.2. The van der Waals surface area contributed by atoms with E-state index in [2.05, 4.69) is 0 Å². The van der Waals surface area contributed by atoms with Crippen LogP contribution in [0.2, 0.25) is 5.02 Å². The number of hydrogen-bond acceptors (Lipinski definition) is 4. The summed E-state index contributed by atoms with van der Waals surface area (Å²) in [6.45, 7) is 0. The molecule has 0 aliphatic heterocycles.